The van der Waals surface area contributed by atoms with Crippen LogP contribution in [0.15, 0.2) is 46.4 Å². The summed E-state index contributed by atoms with van der Waals surface area (Å²) in [7, 11) is 0. The van der Waals surface area contributed by atoms with Gasteiger partial charge in [-0.3, -0.25) is 9.59 Å². The third kappa shape index (κ3) is 3.78. The van der Waals surface area contributed by atoms with Gasteiger partial charge in [0, 0.05) is 22.5 Å². The van der Waals surface area contributed by atoms with Crippen LogP contribution in [0.2, 0.25) is 10.0 Å². The number of hydrogen-bond donors (Lipinski definition) is 1. The molecule has 0 spiro atoms. The van der Waals surface area contributed by atoms with Crippen LogP contribution in [-0.2, 0) is 4.79 Å². The number of benzene rings is 1. The van der Waals surface area contributed by atoms with E-state index >= 15 is 0 Å². The van der Waals surface area contributed by atoms with E-state index in [0.29, 0.717) is 39.4 Å². The fourth-order valence-electron chi connectivity index (χ4n) is 3.16. The lowest BCUT2D eigenvalue weighted by Crippen LogP contribution is -2.43. The number of anilines is 1. The number of halogens is 2. The molecule has 0 saturated carbocycles. The number of carbonyl (C=O) groups is 2. The molecule has 3 heterocycles. The zero-order chi connectivity index (χ0) is 19.7. The van der Waals surface area contributed by atoms with Crippen LogP contribution >= 0.6 is 34.5 Å². The summed E-state index contributed by atoms with van der Waals surface area (Å²) in [6, 6.07) is 7.82. The van der Waals surface area contributed by atoms with Gasteiger partial charge in [-0.2, -0.15) is 0 Å². The Morgan fingerprint density at radius 1 is 1.29 bits per heavy atom. The number of likely N-dealkylation sites (tertiary alicyclic amines) is 1. The average Bonchev–Trinajstić information content (AvgIpc) is 3.44. The number of nitrogens with one attached hydrogen (secondary N) is 1. The van der Waals surface area contributed by atoms with Crippen molar-refractivity contribution in [2.45, 2.75) is 18.9 Å². The molecule has 2 amide bonds. The molecule has 9 heteroatoms. The minimum atomic E-state index is -0.556. The topological polar surface area (TPSA) is 75.4 Å². The smallest absolute Gasteiger partial charge is 0.290 e. The molecule has 1 saturated heterocycles. The van der Waals surface area contributed by atoms with Gasteiger partial charge in [0.1, 0.15) is 6.04 Å². The van der Waals surface area contributed by atoms with Gasteiger partial charge in [-0.1, -0.05) is 23.2 Å². The van der Waals surface area contributed by atoms with Crippen LogP contribution in [0.1, 0.15) is 23.4 Å². The summed E-state index contributed by atoms with van der Waals surface area (Å²) in [4.78, 5) is 31.3. The maximum Gasteiger partial charge on any atom is 0.290 e. The monoisotopic (exact) mass is 435 g/mol. The first-order chi connectivity index (χ1) is 13.5. The second kappa shape index (κ2) is 7.95. The predicted molar refractivity (Wildman–Crippen MR) is 109 cm³/mol. The third-order valence-corrected chi connectivity index (χ3v) is 5.81. The van der Waals surface area contributed by atoms with Crippen LogP contribution in [0.5, 0.6) is 0 Å². The Bertz CT molecular complexity index is 1020. The number of carbonyl (C=O) groups excluding carboxylic acids is 2. The molecule has 1 aliphatic heterocycles. The number of nitrogens with zero attached hydrogens (tertiary/aromatic N) is 2. The summed E-state index contributed by atoms with van der Waals surface area (Å²) in [6.07, 6.45) is 2.79. The van der Waals surface area contributed by atoms with Crippen LogP contribution in [-0.4, -0.2) is 34.3 Å². The van der Waals surface area contributed by atoms with E-state index in [9.17, 15) is 9.59 Å². The minimum Gasteiger partial charge on any atom is -0.459 e. The number of furan rings is 1. The summed E-state index contributed by atoms with van der Waals surface area (Å²) in [5.41, 5.74) is 1.32. The van der Waals surface area contributed by atoms with Gasteiger partial charge in [-0.25, -0.2) is 4.98 Å². The molecule has 1 unspecified atom stereocenters. The molecule has 28 heavy (non-hydrogen) atoms. The van der Waals surface area contributed by atoms with Crippen molar-refractivity contribution >= 4 is 51.5 Å². The highest BCUT2D eigenvalue weighted by atomic mass is 35.5. The molecule has 0 bridgehead atoms. The SMILES string of the molecule is O=C(Nc1nc(-c2cc(Cl)ccc2Cl)cs1)C1CCCN1C(=O)c1ccco1. The van der Waals surface area contributed by atoms with E-state index in [1.807, 2.05) is 0 Å². The molecule has 0 aliphatic carbocycles. The molecule has 2 aromatic heterocycles. The lowest BCUT2D eigenvalue weighted by atomic mass is 10.2. The normalized spacial score (nSPS) is 16.4. The molecule has 1 N–H and O–H groups in total. The molecule has 1 aliphatic rings. The Balaban J connectivity index is 1.49. The van der Waals surface area contributed by atoms with E-state index in [1.54, 1.807) is 35.7 Å². The van der Waals surface area contributed by atoms with Gasteiger partial charge in [0.05, 0.1) is 17.0 Å². The molecule has 4 rings (SSSR count). The van der Waals surface area contributed by atoms with E-state index in [0.717, 1.165) is 6.42 Å². The summed E-state index contributed by atoms with van der Waals surface area (Å²) in [5.74, 6) is -0.324. The van der Waals surface area contributed by atoms with Gasteiger partial charge in [0.2, 0.25) is 5.91 Å². The van der Waals surface area contributed by atoms with Crippen molar-refractivity contribution in [1.82, 2.24) is 9.88 Å². The van der Waals surface area contributed by atoms with Gasteiger partial charge in [0.15, 0.2) is 10.9 Å². The number of hydrogen-bond acceptors (Lipinski definition) is 5. The standard InChI is InChI=1S/C19H15Cl2N3O3S/c20-11-5-6-13(21)12(9-11)14-10-28-19(22-14)23-17(25)15-3-1-7-24(15)18(26)16-4-2-8-27-16/h2,4-6,8-10,15H,1,3,7H2,(H,22,23,25). The predicted octanol–water partition coefficient (Wildman–Crippen LogP) is 4.95. The minimum absolute atomic E-state index is 0.229. The Morgan fingerprint density at radius 3 is 2.93 bits per heavy atom. The van der Waals surface area contributed by atoms with E-state index in [4.69, 9.17) is 27.6 Å². The number of thiazole rings is 1. The summed E-state index contributed by atoms with van der Waals surface area (Å²) in [5, 5.41) is 6.12. The fraction of sp³-hybridized carbons (Fsp3) is 0.211. The second-order valence-corrected chi connectivity index (χ2v) is 7.99. The zero-order valence-corrected chi connectivity index (χ0v) is 16.9. The van der Waals surface area contributed by atoms with Gasteiger partial charge in [0.25, 0.3) is 5.91 Å². The first-order valence-electron chi connectivity index (χ1n) is 8.59. The van der Waals surface area contributed by atoms with Crippen molar-refractivity contribution < 1.29 is 14.0 Å². The molecule has 3 aromatic rings. The first-order valence-corrected chi connectivity index (χ1v) is 10.2. The first kappa shape index (κ1) is 19.0. The van der Waals surface area contributed by atoms with E-state index in [1.165, 1.54) is 22.5 Å². The number of amides is 2. The molecule has 1 fully saturated rings. The number of rotatable bonds is 4. The molecule has 144 valence electrons. The Hall–Kier alpha value is -2.35. The summed E-state index contributed by atoms with van der Waals surface area (Å²) in [6.45, 7) is 0.513. The second-order valence-electron chi connectivity index (χ2n) is 6.29. The van der Waals surface area contributed by atoms with E-state index in [-0.39, 0.29) is 17.6 Å². The zero-order valence-electron chi connectivity index (χ0n) is 14.5. The quantitative estimate of drug-likeness (QED) is 0.628. The molecule has 1 atom stereocenters. The van der Waals surface area contributed by atoms with Crippen LogP contribution in [0.25, 0.3) is 11.3 Å². The largest absolute Gasteiger partial charge is 0.459 e. The summed E-state index contributed by atoms with van der Waals surface area (Å²) >= 11 is 13.5. The van der Waals surface area contributed by atoms with Crippen LogP contribution in [0, 0.1) is 0 Å². The Morgan fingerprint density at radius 2 is 2.14 bits per heavy atom. The molecular weight excluding hydrogens is 421 g/mol. The van der Waals surface area contributed by atoms with Crippen molar-refractivity contribution in [3.8, 4) is 11.3 Å². The molecule has 0 radical (unpaired) electrons. The molecule has 1 aromatic carbocycles. The van der Waals surface area contributed by atoms with Crippen molar-refractivity contribution in [1.29, 1.82) is 0 Å². The lowest BCUT2D eigenvalue weighted by molar-refractivity contribution is -0.119. The van der Waals surface area contributed by atoms with Gasteiger partial charge in [-0.15, -0.1) is 11.3 Å². The molecular formula is C19H15Cl2N3O3S. The molecule has 6 nitrogen and oxygen atoms in total. The number of aromatic nitrogens is 1. The van der Waals surface area contributed by atoms with Crippen molar-refractivity contribution in [2.75, 3.05) is 11.9 Å². The highest BCUT2D eigenvalue weighted by Crippen LogP contribution is 2.33. The van der Waals surface area contributed by atoms with Gasteiger partial charge >= 0.3 is 0 Å². The van der Waals surface area contributed by atoms with Crippen LogP contribution < -0.4 is 5.32 Å². The van der Waals surface area contributed by atoms with Crippen LogP contribution in [0.3, 0.4) is 0 Å². The van der Waals surface area contributed by atoms with Gasteiger partial charge < -0.3 is 14.6 Å². The lowest BCUT2D eigenvalue weighted by Gasteiger charge is -2.22. The van der Waals surface area contributed by atoms with E-state index < -0.39 is 6.04 Å². The highest BCUT2D eigenvalue weighted by Gasteiger charge is 2.35. The highest BCUT2D eigenvalue weighted by molar-refractivity contribution is 7.14. The Labute approximate surface area is 175 Å². The maximum absolute atomic E-state index is 12.7. The van der Waals surface area contributed by atoms with Gasteiger partial charge in [-0.05, 0) is 43.2 Å². The summed E-state index contributed by atoms with van der Waals surface area (Å²) < 4.78 is 5.17. The fourth-order valence-corrected chi connectivity index (χ4v) is 4.26. The van der Waals surface area contributed by atoms with Crippen LogP contribution in [0.4, 0.5) is 5.13 Å². The van der Waals surface area contributed by atoms with Crippen molar-refractivity contribution in [3.63, 3.8) is 0 Å². The average molecular weight is 436 g/mol. The van der Waals surface area contributed by atoms with Crippen molar-refractivity contribution in [3.05, 3.63) is 57.8 Å². The Kier molecular flexibility index (Phi) is 5.39. The third-order valence-electron chi connectivity index (χ3n) is 4.49. The maximum atomic E-state index is 12.7. The van der Waals surface area contributed by atoms with E-state index in [2.05, 4.69) is 10.3 Å². The van der Waals surface area contributed by atoms with Crippen molar-refractivity contribution in [2.24, 2.45) is 0 Å².